The first-order chi connectivity index (χ1) is 9.70. The smallest absolute Gasteiger partial charge is 0.141 e. The minimum atomic E-state index is 0.668. The number of aromatic nitrogens is 2. The van der Waals surface area contributed by atoms with Gasteiger partial charge < -0.3 is 10.3 Å². The quantitative estimate of drug-likeness (QED) is 0.580. The molecule has 0 saturated carbocycles. The number of hydrogen-bond acceptors (Lipinski definition) is 2. The Balaban J connectivity index is 2.31. The molecular formula is C16H14ClN3. The molecule has 2 N–H and O–H groups in total. The lowest BCUT2D eigenvalue weighted by atomic mass is 10.2. The molecule has 3 aromatic rings. The zero-order chi connectivity index (χ0) is 14.1. The Morgan fingerprint density at radius 2 is 2.05 bits per heavy atom. The van der Waals surface area contributed by atoms with E-state index in [0.717, 1.165) is 22.4 Å². The van der Waals surface area contributed by atoms with E-state index in [0.29, 0.717) is 17.3 Å². The van der Waals surface area contributed by atoms with Crippen molar-refractivity contribution in [2.75, 3.05) is 5.73 Å². The predicted octanol–water partition coefficient (Wildman–Crippen LogP) is 4.12. The van der Waals surface area contributed by atoms with E-state index in [-0.39, 0.29) is 0 Å². The van der Waals surface area contributed by atoms with Crippen molar-refractivity contribution in [3.63, 3.8) is 0 Å². The number of hydrogen-bond donors (Lipinski definition) is 1. The van der Waals surface area contributed by atoms with Gasteiger partial charge in [0, 0.05) is 17.1 Å². The molecule has 3 nitrogen and oxygen atoms in total. The molecule has 0 aliphatic carbocycles. The van der Waals surface area contributed by atoms with Gasteiger partial charge in [-0.3, -0.25) is 0 Å². The van der Waals surface area contributed by atoms with E-state index in [2.05, 4.69) is 16.1 Å². The van der Waals surface area contributed by atoms with E-state index in [1.54, 1.807) is 0 Å². The molecule has 4 heteroatoms. The van der Waals surface area contributed by atoms with Crippen molar-refractivity contribution in [3.8, 4) is 11.4 Å². The van der Waals surface area contributed by atoms with Gasteiger partial charge >= 0.3 is 0 Å². The fraction of sp³-hybridized carbons (Fsp3) is 0.0625. The first-order valence-corrected chi connectivity index (χ1v) is 6.70. The van der Waals surface area contributed by atoms with Gasteiger partial charge in [0.15, 0.2) is 0 Å². The second-order valence-corrected chi connectivity index (χ2v) is 5.00. The zero-order valence-corrected chi connectivity index (χ0v) is 11.6. The molecule has 0 aliphatic rings. The van der Waals surface area contributed by atoms with Crippen molar-refractivity contribution in [2.24, 2.45) is 0 Å². The van der Waals surface area contributed by atoms with Gasteiger partial charge in [-0.25, -0.2) is 4.98 Å². The van der Waals surface area contributed by atoms with E-state index in [9.17, 15) is 0 Å². The van der Waals surface area contributed by atoms with E-state index >= 15 is 0 Å². The molecule has 0 amide bonds. The fourth-order valence-corrected chi connectivity index (χ4v) is 2.52. The van der Waals surface area contributed by atoms with Gasteiger partial charge in [0.1, 0.15) is 11.3 Å². The molecule has 0 radical (unpaired) electrons. The summed E-state index contributed by atoms with van der Waals surface area (Å²) in [6, 6.07) is 13.5. The molecule has 0 aliphatic heterocycles. The summed E-state index contributed by atoms with van der Waals surface area (Å²) in [7, 11) is 0. The molecular weight excluding hydrogens is 270 g/mol. The normalized spacial score (nSPS) is 10.8. The number of rotatable bonds is 3. The molecule has 0 saturated heterocycles. The molecule has 0 fully saturated rings. The lowest BCUT2D eigenvalue weighted by molar-refractivity contribution is 0.862. The first kappa shape index (κ1) is 12.8. The number of para-hydroxylation sites is 1. The van der Waals surface area contributed by atoms with Crippen LogP contribution in [0.2, 0.25) is 5.02 Å². The van der Waals surface area contributed by atoms with Crippen LogP contribution in [0.1, 0.15) is 0 Å². The summed E-state index contributed by atoms with van der Waals surface area (Å²) in [5.41, 5.74) is 9.47. The predicted molar refractivity (Wildman–Crippen MR) is 84.8 cm³/mol. The SMILES string of the molecule is C=CCn1c(-c2cccc(Cl)c2)nc2c(N)cccc21. The van der Waals surface area contributed by atoms with Crippen LogP contribution in [-0.4, -0.2) is 9.55 Å². The van der Waals surface area contributed by atoms with Crippen molar-refractivity contribution < 1.29 is 0 Å². The van der Waals surface area contributed by atoms with Crippen LogP contribution in [0, 0.1) is 0 Å². The standard InChI is InChI=1S/C16H14ClN3/c1-2-9-20-14-8-4-7-13(18)15(14)19-16(20)11-5-3-6-12(17)10-11/h2-8,10H,1,9,18H2. The number of allylic oxidation sites excluding steroid dienone is 1. The van der Waals surface area contributed by atoms with Crippen molar-refractivity contribution in [1.29, 1.82) is 0 Å². The maximum Gasteiger partial charge on any atom is 0.141 e. The van der Waals surface area contributed by atoms with Gasteiger partial charge in [-0.2, -0.15) is 0 Å². The average molecular weight is 284 g/mol. The number of benzene rings is 2. The molecule has 0 bridgehead atoms. The largest absolute Gasteiger partial charge is 0.397 e. The molecule has 20 heavy (non-hydrogen) atoms. The Hall–Kier alpha value is -2.26. The Bertz CT molecular complexity index is 790. The third-order valence-corrected chi connectivity index (χ3v) is 3.44. The monoisotopic (exact) mass is 283 g/mol. The van der Waals surface area contributed by atoms with Crippen molar-refractivity contribution in [3.05, 3.63) is 60.1 Å². The fourth-order valence-electron chi connectivity index (χ4n) is 2.33. The second kappa shape index (κ2) is 5.02. The summed E-state index contributed by atoms with van der Waals surface area (Å²) in [5, 5.41) is 0.688. The van der Waals surface area contributed by atoms with E-state index in [1.807, 2.05) is 48.5 Å². The van der Waals surface area contributed by atoms with Crippen molar-refractivity contribution >= 4 is 28.3 Å². The van der Waals surface area contributed by atoms with E-state index in [4.69, 9.17) is 17.3 Å². The van der Waals surface area contributed by atoms with Gasteiger partial charge in [-0.05, 0) is 24.3 Å². The topological polar surface area (TPSA) is 43.8 Å². The lowest BCUT2D eigenvalue weighted by Crippen LogP contribution is -1.98. The molecule has 1 heterocycles. The van der Waals surface area contributed by atoms with Crippen LogP contribution in [0.4, 0.5) is 5.69 Å². The summed E-state index contributed by atoms with van der Waals surface area (Å²) in [6.07, 6.45) is 1.85. The minimum absolute atomic E-state index is 0.668. The summed E-state index contributed by atoms with van der Waals surface area (Å²) in [6.45, 7) is 4.48. The van der Waals surface area contributed by atoms with Crippen LogP contribution in [0.5, 0.6) is 0 Å². The first-order valence-electron chi connectivity index (χ1n) is 6.32. The van der Waals surface area contributed by atoms with Crippen LogP contribution in [-0.2, 0) is 6.54 Å². The summed E-state index contributed by atoms with van der Waals surface area (Å²) < 4.78 is 2.09. The Morgan fingerprint density at radius 1 is 1.25 bits per heavy atom. The van der Waals surface area contributed by atoms with Crippen LogP contribution in [0.3, 0.4) is 0 Å². The Morgan fingerprint density at radius 3 is 2.80 bits per heavy atom. The van der Waals surface area contributed by atoms with Crippen LogP contribution in [0.25, 0.3) is 22.4 Å². The molecule has 3 rings (SSSR count). The highest BCUT2D eigenvalue weighted by atomic mass is 35.5. The van der Waals surface area contributed by atoms with Gasteiger partial charge in [-0.1, -0.05) is 35.9 Å². The number of imidazole rings is 1. The second-order valence-electron chi connectivity index (χ2n) is 4.56. The third kappa shape index (κ3) is 2.06. The molecule has 0 unspecified atom stereocenters. The highest BCUT2D eigenvalue weighted by molar-refractivity contribution is 6.30. The molecule has 0 spiro atoms. The van der Waals surface area contributed by atoms with Crippen molar-refractivity contribution in [2.45, 2.75) is 6.54 Å². The number of halogens is 1. The highest BCUT2D eigenvalue weighted by Crippen LogP contribution is 2.29. The molecule has 0 atom stereocenters. The highest BCUT2D eigenvalue weighted by Gasteiger charge is 2.13. The minimum Gasteiger partial charge on any atom is -0.397 e. The number of nitrogens with zero attached hydrogens (tertiary/aromatic N) is 2. The summed E-state index contributed by atoms with van der Waals surface area (Å²) in [5.74, 6) is 0.848. The number of nitrogen functional groups attached to an aromatic ring is 1. The van der Waals surface area contributed by atoms with E-state index in [1.165, 1.54) is 0 Å². The van der Waals surface area contributed by atoms with E-state index < -0.39 is 0 Å². The number of anilines is 1. The molecule has 2 aromatic carbocycles. The van der Waals surface area contributed by atoms with Gasteiger partial charge in [-0.15, -0.1) is 6.58 Å². The van der Waals surface area contributed by atoms with Gasteiger partial charge in [0.2, 0.25) is 0 Å². The number of fused-ring (bicyclic) bond motifs is 1. The molecule has 1 aromatic heterocycles. The maximum atomic E-state index is 6.07. The lowest BCUT2D eigenvalue weighted by Gasteiger charge is -2.06. The summed E-state index contributed by atoms with van der Waals surface area (Å²) >= 11 is 6.07. The Kier molecular flexibility index (Phi) is 3.20. The van der Waals surface area contributed by atoms with Crippen LogP contribution in [0.15, 0.2) is 55.1 Å². The zero-order valence-electron chi connectivity index (χ0n) is 10.9. The van der Waals surface area contributed by atoms with Gasteiger partial charge in [0.05, 0.1) is 11.2 Å². The summed E-state index contributed by atoms with van der Waals surface area (Å²) in [4.78, 5) is 4.67. The third-order valence-electron chi connectivity index (χ3n) is 3.20. The average Bonchev–Trinajstić information content (AvgIpc) is 2.80. The van der Waals surface area contributed by atoms with Crippen LogP contribution < -0.4 is 5.73 Å². The van der Waals surface area contributed by atoms with Gasteiger partial charge in [0.25, 0.3) is 0 Å². The van der Waals surface area contributed by atoms with Crippen LogP contribution >= 0.6 is 11.6 Å². The number of nitrogens with two attached hydrogens (primary N) is 1. The molecule has 100 valence electrons. The Labute approximate surface area is 122 Å². The van der Waals surface area contributed by atoms with Crippen molar-refractivity contribution in [1.82, 2.24) is 9.55 Å². The maximum absolute atomic E-state index is 6.07.